The lowest BCUT2D eigenvalue weighted by atomic mass is 10.3. The molecule has 108 valence electrons. The Hall–Kier alpha value is -1.98. The number of aryl methyl sites for hydroxylation is 1. The van der Waals surface area contributed by atoms with Crippen LogP contribution in [-0.4, -0.2) is 21.1 Å². The van der Waals surface area contributed by atoms with E-state index in [1.807, 2.05) is 24.8 Å². The lowest BCUT2D eigenvalue weighted by Gasteiger charge is -2.08. The molecule has 0 unspecified atom stereocenters. The van der Waals surface area contributed by atoms with Gasteiger partial charge in [-0.05, 0) is 36.0 Å². The van der Waals surface area contributed by atoms with Crippen LogP contribution in [0.5, 0.6) is 0 Å². The molecule has 0 bridgehead atoms. The fourth-order valence-electron chi connectivity index (χ4n) is 2.24. The van der Waals surface area contributed by atoms with E-state index in [2.05, 4.69) is 43.4 Å². The number of nitrogens with one attached hydrogen (secondary N) is 1. The summed E-state index contributed by atoms with van der Waals surface area (Å²) >= 11 is 1.75. The summed E-state index contributed by atoms with van der Waals surface area (Å²) in [6.45, 7) is 2.83. The minimum atomic E-state index is 0.871. The van der Waals surface area contributed by atoms with Crippen molar-refractivity contribution in [2.24, 2.45) is 0 Å². The number of aromatic nitrogens is 3. The first-order chi connectivity index (χ1) is 10.4. The van der Waals surface area contributed by atoms with E-state index in [1.54, 1.807) is 17.5 Å². The van der Waals surface area contributed by atoms with E-state index in [-0.39, 0.29) is 0 Å². The van der Waals surface area contributed by atoms with Crippen LogP contribution in [0.25, 0.3) is 10.6 Å². The third-order valence-corrected chi connectivity index (χ3v) is 4.18. The van der Waals surface area contributed by atoms with Crippen LogP contribution in [-0.2, 0) is 13.1 Å². The third-order valence-electron chi connectivity index (χ3n) is 3.29. The average molecular weight is 298 g/mol. The highest BCUT2D eigenvalue weighted by molar-refractivity contribution is 7.13. The van der Waals surface area contributed by atoms with Gasteiger partial charge >= 0.3 is 0 Å². The van der Waals surface area contributed by atoms with Gasteiger partial charge in [-0.1, -0.05) is 12.1 Å². The normalized spacial score (nSPS) is 10.9. The van der Waals surface area contributed by atoms with Crippen LogP contribution < -0.4 is 5.32 Å². The van der Waals surface area contributed by atoms with Crippen LogP contribution in [0.15, 0.2) is 54.6 Å². The quantitative estimate of drug-likeness (QED) is 0.681. The summed E-state index contributed by atoms with van der Waals surface area (Å²) in [5, 5.41) is 5.55. The first-order valence-electron chi connectivity index (χ1n) is 7.07. The molecule has 0 radical (unpaired) electrons. The minimum absolute atomic E-state index is 0.871. The van der Waals surface area contributed by atoms with Gasteiger partial charge in [0.2, 0.25) is 0 Å². The number of pyridine rings is 1. The second kappa shape index (κ2) is 7.15. The van der Waals surface area contributed by atoms with Crippen molar-refractivity contribution in [3.05, 3.63) is 60.1 Å². The van der Waals surface area contributed by atoms with Gasteiger partial charge in [-0.2, -0.15) is 0 Å². The Kier molecular flexibility index (Phi) is 4.76. The molecular weight excluding hydrogens is 280 g/mol. The van der Waals surface area contributed by atoms with Crippen molar-refractivity contribution in [2.75, 3.05) is 6.54 Å². The molecule has 4 nitrogen and oxygen atoms in total. The number of imidazole rings is 1. The summed E-state index contributed by atoms with van der Waals surface area (Å²) in [5.41, 5.74) is 2.43. The summed E-state index contributed by atoms with van der Waals surface area (Å²) in [4.78, 5) is 9.65. The van der Waals surface area contributed by atoms with Gasteiger partial charge in [-0.15, -0.1) is 11.3 Å². The van der Waals surface area contributed by atoms with Gasteiger partial charge in [0.1, 0.15) is 0 Å². The monoisotopic (exact) mass is 298 g/mol. The lowest BCUT2D eigenvalue weighted by Crippen LogP contribution is -2.16. The van der Waals surface area contributed by atoms with Crippen molar-refractivity contribution < 1.29 is 0 Å². The van der Waals surface area contributed by atoms with Gasteiger partial charge in [0, 0.05) is 25.5 Å². The fraction of sp³-hybridized carbons (Fsp3) is 0.250. The molecule has 0 atom stereocenters. The van der Waals surface area contributed by atoms with Gasteiger partial charge in [0.15, 0.2) is 0 Å². The van der Waals surface area contributed by atoms with Crippen molar-refractivity contribution in [2.45, 2.75) is 19.5 Å². The first-order valence-corrected chi connectivity index (χ1v) is 7.95. The third kappa shape index (κ3) is 3.77. The van der Waals surface area contributed by atoms with Crippen molar-refractivity contribution >= 4 is 11.3 Å². The highest BCUT2D eigenvalue weighted by atomic mass is 32.1. The standard InChI is InChI=1S/C16H18N4S/c1-4-14(10-17-6-1)11-18-7-3-8-20-13-19-12-15(20)16-5-2-9-21-16/h1-2,4-6,9-10,12-13,18H,3,7-8,11H2. The first kappa shape index (κ1) is 14.0. The van der Waals surface area contributed by atoms with E-state index >= 15 is 0 Å². The van der Waals surface area contributed by atoms with Crippen LogP contribution in [0.1, 0.15) is 12.0 Å². The lowest BCUT2D eigenvalue weighted by molar-refractivity contribution is 0.583. The molecule has 0 spiro atoms. The Morgan fingerprint density at radius 1 is 1.14 bits per heavy atom. The molecule has 21 heavy (non-hydrogen) atoms. The zero-order chi connectivity index (χ0) is 14.3. The van der Waals surface area contributed by atoms with Crippen LogP contribution in [0.2, 0.25) is 0 Å². The molecule has 0 aliphatic carbocycles. The molecule has 3 aromatic rings. The molecule has 0 aromatic carbocycles. The number of nitrogens with zero attached hydrogens (tertiary/aromatic N) is 3. The highest BCUT2D eigenvalue weighted by Crippen LogP contribution is 2.24. The molecule has 1 N–H and O–H groups in total. The van der Waals surface area contributed by atoms with E-state index < -0.39 is 0 Å². The maximum absolute atomic E-state index is 4.27. The maximum atomic E-state index is 4.27. The Morgan fingerprint density at radius 2 is 2.14 bits per heavy atom. The van der Waals surface area contributed by atoms with E-state index in [9.17, 15) is 0 Å². The second-order valence-corrected chi connectivity index (χ2v) is 5.79. The summed E-state index contributed by atoms with van der Waals surface area (Å²) in [6, 6.07) is 8.27. The van der Waals surface area contributed by atoms with E-state index in [0.29, 0.717) is 0 Å². The Balaban J connectivity index is 1.45. The molecule has 5 heteroatoms. The van der Waals surface area contributed by atoms with Crippen molar-refractivity contribution in [1.82, 2.24) is 19.9 Å². The van der Waals surface area contributed by atoms with Gasteiger partial charge in [-0.3, -0.25) is 4.98 Å². The maximum Gasteiger partial charge on any atom is 0.0951 e. The van der Waals surface area contributed by atoms with E-state index in [4.69, 9.17) is 0 Å². The molecule has 0 fully saturated rings. The molecule has 3 aromatic heterocycles. The minimum Gasteiger partial charge on any atom is -0.330 e. The number of hydrogen-bond donors (Lipinski definition) is 1. The van der Waals surface area contributed by atoms with Crippen LogP contribution in [0.4, 0.5) is 0 Å². The molecule has 3 rings (SSSR count). The van der Waals surface area contributed by atoms with Crippen LogP contribution in [0, 0.1) is 0 Å². The molecule has 0 saturated carbocycles. The van der Waals surface area contributed by atoms with Gasteiger partial charge in [0.05, 0.1) is 23.1 Å². The number of rotatable bonds is 7. The number of thiophene rings is 1. The largest absolute Gasteiger partial charge is 0.330 e. The SMILES string of the molecule is c1cncc(CNCCCn2cncc2-c2cccs2)c1. The van der Waals surface area contributed by atoms with Gasteiger partial charge in [0.25, 0.3) is 0 Å². The smallest absolute Gasteiger partial charge is 0.0951 e. The zero-order valence-corrected chi connectivity index (χ0v) is 12.6. The van der Waals surface area contributed by atoms with Gasteiger partial charge in [-0.25, -0.2) is 4.98 Å². The molecule has 0 aliphatic rings. The molecule has 3 heterocycles. The van der Waals surface area contributed by atoms with Crippen molar-refractivity contribution in [1.29, 1.82) is 0 Å². The summed E-state index contributed by atoms with van der Waals surface area (Å²) in [7, 11) is 0. The molecule has 0 amide bonds. The summed E-state index contributed by atoms with van der Waals surface area (Å²) in [5.74, 6) is 0. The summed E-state index contributed by atoms with van der Waals surface area (Å²) in [6.07, 6.45) is 8.63. The predicted octanol–water partition coefficient (Wildman–Crippen LogP) is 3.19. The van der Waals surface area contributed by atoms with Gasteiger partial charge < -0.3 is 9.88 Å². The topological polar surface area (TPSA) is 42.7 Å². The molecule has 0 saturated heterocycles. The molecule has 0 aliphatic heterocycles. The van der Waals surface area contributed by atoms with Crippen LogP contribution in [0.3, 0.4) is 0 Å². The molecular formula is C16H18N4S. The fourth-order valence-corrected chi connectivity index (χ4v) is 2.99. The Morgan fingerprint density at radius 3 is 2.95 bits per heavy atom. The Labute approximate surface area is 128 Å². The zero-order valence-electron chi connectivity index (χ0n) is 11.8. The number of hydrogen-bond acceptors (Lipinski definition) is 4. The van der Waals surface area contributed by atoms with E-state index in [0.717, 1.165) is 26.1 Å². The van der Waals surface area contributed by atoms with E-state index in [1.165, 1.54) is 16.1 Å². The van der Waals surface area contributed by atoms with Crippen molar-refractivity contribution in [3.63, 3.8) is 0 Å². The van der Waals surface area contributed by atoms with Crippen molar-refractivity contribution in [3.8, 4) is 10.6 Å². The van der Waals surface area contributed by atoms with Crippen LogP contribution >= 0.6 is 11.3 Å². The predicted molar refractivity (Wildman–Crippen MR) is 86.1 cm³/mol. The highest BCUT2D eigenvalue weighted by Gasteiger charge is 2.05. The Bertz CT molecular complexity index is 646. The second-order valence-electron chi connectivity index (χ2n) is 4.84. The summed E-state index contributed by atoms with van der Waals surface area (Å²) < 4.78 is 2.22. The average Bonchev–Trinajstić information content (AvgIpc) is 3.19.